The van der Waals surface area contributed by atoms with Crippen LogP contribution < -0.4 is 10.2 Å². The number of hydrogen-bond donors (Lipinski definition) is 3. The lowest BCUT2D eigenvalue weighted by molar-refractivity contribution is -0.130. The lowest BCUT2D eigenvalue weighted by Gasteiger charge is -2.36. The number of piperazine rings is 1. The van der Waals surface area contributed by atoms with Crippen LogP contribution in [0.1, 0.15) is 16.1 Å². The summed E-state index contributed by atoms with van der Waals surface area (Å²) in [5.74, 6) is -0.576. The standard InChI is InChI=1S/C25H24FN5O4/c26-20-12-16(22-13-19(15-32)35-29-22)2-4-23(20)30-7-9-31(10-8-30)24(33)14-28-25(34)18-1-3-21-17(11-18)5-6-27-21/h1-6,11-13,27,32H,7-10,14-15H2,(H,28,34). The van der Waals surface area contributed by atoms with Crippen molar-refractivity contribution in [1.29, 1.82) is 0 Å². The van der Waals surface area contributed by atoms with Crippen molar-refractivity contribution < 1.29 is 23.6 Å². The Morgan fingerprint density at radius 3 is 2.66 bits per heavy atom. The minimum atomic E-state index is -0.400. The molecule has 1 aliphatic rings. The molecule has 1 saturated heterocycles. The summed E-state index contributed by atoms with van der Waals surface area (Å²) in [6.45, 7) is 1.42. The number of halogens is 1. The van der Waals surface area contributed by atoms with Gasteiger partial charge < -0.3 is 29.7 Å². The highest BCUT2D eigenvalue weighted by Gasteiger charge is 2.23. The summed E-state index contributed by atoms with van der Waals surface area (Å²) in [7, 11) is 0. The molecule has 3 heterocycles. The van der Waals surface area contributed by atoms with Crippen molar-refractivity contribution in [1.82, 2.24) is 20.4 Å². The Hall–Kier alpha value is -4.18. The van der Waals surface area contributed by atoms with E-state index in [1.165, 1.54) is 6.07 Å². The average Bonchev–Trinajstić information content (AvgIpc) is 3.56. The number of amides is 2. The molecule has 4 aromatic rings. The van der Waals surface area contributed by atoms with E-state index in [0.717, 1.165) is 10.9 Å². The Morgan fingerprint density at radius 2 is 1.91 bits per heavy atom. The third-order valence-electron chi connectivity index (χ3n) is 6.15. The van der Waals surface area contributed by atoms with E-state index in [4.69, 9.17) is 9.63 Å². The van der Waals surface area contributed by atoms with E-state index in [9.17, 15) is 14.0 Å². The number of rotatable bonds is 6. The van der Waals surface area contributed by atoms with Gasteiger partial charge in [0.2, 0.25) is 5.91 Å². The quantitative estimate of drug-likeness (QED) is 0.393. The first kappa shape index (κ1) is 22.6. The second kappa shape index (κ2) is 9.59. The van der Waals surface area contributed by atoms with Crippen LogP contribution in [0.2, 0.25) is 0 Å². The molecule has 9 nitrogen and oxygen atoms in total. The summed E-state index contributed by atoms with van der Waals surface area (Å²) in [5, 5.41) is 16.6. The number of nitrogens with one attached hydrogen (secondary N) is 2. The molecule has 1 aliphatic heterocycles. The van der Waals surface area contributed by atoms with Gasteiger partial charge in [-0.05, 0) is 36.4 Å². The summed E-state index contributed by atoms with van der Waals surface area (Å²) in [6.07, 6.45) is 1.81. The SMILES string of the molecule is O=C(NCC(=O)N1CCN(c2ccc(-c3cc(CO)on3)cc2F)CC1)c1ccc2[nH]ccc2c1. The summed E-state index contributed by atoms with van der Waals surface area (Å²) < 4.78 is 19.8. The fraction of sp³-hybridized carbons (Fsp3) is 0.240. The zero-order valence-electron chi connectivity index (χ0n) is 18.8. The van der Waals surface area contributed by atoms with Crippen LogP contribution in [0, 0.1) is 5.82 Å². The predicted molar refractivity (Wildman–Crippen MR) is 127 cm³/mol. The Balaban J connectivity index is 1.14. The molecule has 0 bridgehead atoms. The molecule has 0 atom stereocenters. The highest BCUT2D eigenvalue weighted by atomic mass is 19.1. The lowest BCUT2D eigenvalue weighted by atomic mass is 10.1. The normalized spacial score (nSPS) is 13.9. The minimum Gasteiger partial charge on any atom is -0.388 e. The van der Waals surface area contributed by atoms with Crippen LogP contribution in [-0.4, -0.2) is 64.7 Å². The van der Waals surface area contributed by atoms with Crippen molar-refractivity contribution >= 4 is 28.4 Å². The molecule has 0 aliphatic carbocycles. The first-order valence-electron chi connectivity index (χ1n) is 11.3. The number of fused-ring (bicyclic) bond motifs is 1. The molecule has 5 rings (SSSR count). The van der Waals surface area contributed by atoms with E-state index in [1.54, 1.807) is 41.4 Å². The summed E-state index contributed by atoms with van der Waals surface area (Å²) in [4.78, 5) is 31.7. The van der Waals surface area contributed by atoms with Crippen molar-refractivity contribution in [2.75, 3.05) is 37.6 Å². The van der Waals surface area contributed by atoms with E-state index in [0.29, 0.717) is 54.4 Å². The Morgan fingerprint density at radius 1 is 1.09 bits per heavy atom. The molecule has 180 valence electrons. The van der Waals surface area contributed by atoms with Crippen LogP contribution in [-0.2, 0) is 11.4 Å². The topological polar surface area (TPSA) is 115 Å². The number of carbonyl (C=O) groups is 2. The molecule has 2 aromatic heterocycles. The molecule has 2 aromatic carbocycles. The molecule has 0 spiro atoms. The van der Waals surface area contributed by atoms with E-state index < -0.39 is 5.82 Å². The van der Waals surface area contributed by atoms with Gasteiger partial charge in [-0.25, -0.2) is 4.39 Å². The molecule has 0 radical (unpaired) electrons. The maximum Gasteiger partial charge on any atom is 0.251 e. The van der Waals surface area contributed by atoms with Crippen molar-refractivity contribution in [2.45, 2.75) is 6.61 Å². The molecule has 0 saturated carbocycles. The van der Waals surface area contributed by atoms with Crippen LogP contribution in [0.4, 0.5) is 10.1 Å². The third-order valence-corrected chi connectivity index (χ3v) is 6.15. The van der Waals surface area contributed by atoms with Crippen molar-refractivity contribution in [3.63, 3.8) is 0 Å². The number of aliphatic hydroxyl groups excluding tert-OH is 1. The molecule has 1 fully saturated rings. The van der Waals surface area contributed by atoms with Gasteiger partial charge in [0.15, 0.2) is 5.76 Å². The fourth-order valence-electron chi connectivity index (χ4n) is 4.21. The monoisotopic (exact) mass is 477 g/mol. The molecule has 3 N–H and O–H groups in total. The molecule has 10 heteroatoms. The Bertz CT molecular complexity index is 1370. The van der Waals surface area contributed by atoms with Gasteiger partial charge in [0.25, 0.3) is 5.91 Å². The number of hydrogen-bond acceptors (Lipinski definition) is 6. The van der Waals surface area contributed by atoms with E-state index >= 15 is 0 Å². The van der Waals surface area contributed by atoms with Gasteiger partial charge in [0.1, 0.15) is 18.1 Å². The zero-order valence-corrected chi connectivity index (χ0v) is 18.8. The number of H-pyrrole nitrogens is 1. The number of aromatic amines is 1. The Kier molecular flexibility index (Phi) is 6.19. The Labute approximate surface area is 200 Å². The molecular weight excluding hydrogens is 453 g/mol. The van der Waals surface area contributed by atoms with Crippen LogP contribution in [0.15, 0.2) is 59.3 Å². The largest absolute Gasteiger partial charge is 0.388 e. The average molecular weight is 477 g/mol. The molecule has 2 amide bonds. The van der Waals surface area contributed by atoms with Gasteiger partial charge in [-0.2, -0.15) is 0 Å². The van der Waals surface area contributed by atoms with Gasteiger partial charge in [-0.15, -0.1) is 0 Å². The van der Waals surface area contributed by atoms with Gasteiger partial charge in [0, 0.05) is 60.5 Å². The first-order valence-corrected chi connectivity index (χ1v) is 11.3. The van der Waals surface area contributed by atoms with Gasteiger partial charge in [-0.3, -0.25) is 9.59 Å². The van der Waals surface area contributed by atoms with Crippen molar-refractivity contribution in [3.8, 4) is 11.3 Å². The highest BCUT2D eigenvalue weighted by molar-refractivity contribution is 5.99. The minimum absolute atomic E-state index is 0.0966. The molecule has 0 unspecified atom stereocenters. The fourth-order valence-corrected chi connectivity index (χ4v) is 4.21. The molecule has 35 heavy (non-hydrogen) atoms. The van der Waals surface area contributed by atoms with E-state index in [2.05, 4.69) is 15.5 Å². The maximum atomic E-state index is 14.8. The number of carbonyl (C=O) groups excluding carboxylic acids is 2. The van der Waals surface area contributed by atoms with E-state index in [-0.39, 0.29) is 25.0 Å². The first-order chi connectivity index (χ1) is 17.0. The van der Waals surface area contributed by atoms with Crippen LogP contribution in [0.25, 0.3) is 22.2 Å². The molecular formula is C25H24FN5O4. The van der Waals surface area contributed by atoms with Crippen LogP contribution in [0.5, 0.6) is 0 Å². The zero-order chi connectivity index (χ0) is 24.4. The number of benzene rings is 2. The van der Waals surface area contributed by atoms with Gasteiger partial charge in [0.05, 0.1) is 12.2 Å². The number of aliphatic hydroxyl groups is 1. The van der Waals surface area contributed by atoms with Crippen LogP contribution in [0.3, 0.4) is 0 Å². The second-order valence-corrected chi connectivity index (χ2v) is 8.33. The summed E-state index contributed by atoms with van der Waals surface area (Å²) >= 11 is 0. The van der Waals surface area contributed by atoms with Gasteiger partial charge in [-0.1, -0.05) is 11.2 Å². The number of anilines is 1. The number of nitrogens with zero attached hydrogens (tertiary/aromatic N) is 3. The number of aromatic nitrogens is 2. The predicted octanol–water partition coefficient (Wildman–Crippen LogP) is 2.53. The van der Waals surface area contributed by atoms with Crippen LogP contribution >= 0.6 is 0 Å². The lowest BCUT2D eigenvalue weighted by Crippen LogP contribution is -2.51. The van der Waals surface area contributed by atoms with Crippen molar-refractivity contribution in [3.05, 3.63) is 71.9 Å². The maximum absolute atomic E-state index is 14.8. The highest BCUT2D eigenvalue weighted by Crippen LogP contribution is 2.27. The van der Waals surface area contributed by atoms with Crippen molar-refractivity contribution in [2.24, 2.45) is 0 Å². The summed E-state index contributed by atoms with van der Waals surface area (Å²) in [5.41, 5.74) is 2.88. The van der Waals surface area contributed by atoms with E-state index in [1.807, 2.05) is 17.0 Å². The second-order valence-electron chi connectivity index (χ2n) is 8.33. The third kappa shape index (κ3) is 4.73. The summed E-state index contributed by atoms with van der Waals surface area (Å²) in [6, 6.07) is 13.6. The smallest absolute Gasteiger partial charge is 0.251 e. The van der Waals surface area contributed by atoms with Gasteiger partial charge >= 0.3 is 0 Å².